The van der Waals surface area contributed by atoms with E-state index in [0.717, 1.165) is 39.3 Å². The lowest BCUT2D eigenvalue weighted by Gasteiger charge is -2.30. The van der Waals surface area contributed by atoms with Crippen molar-refractivity contribution in [3.63, 3.8) is 0 Å². The third-order valence-electron chi connectivity index (χ3n) is 5.53. The molecule has 2 amide bonds. The molecule has 5 heteroatoms. The first-order valence-corrected chi connectivity index (χ1v) is 9.38. The summed E-state index contributed by atoms with van der Waals surface area (Å²) >= 11 is 0. The van der Waals surface area contributed by atoms with Gasteiger partial charge in [0.2, 0.25) is 0 Å². The van der Waals surface area contributed by atoms with Gasteiger partial charge in [-0.2, -0.15) is 0 Å². The number of carbonyl (C=O) groups excluding carboxylic acids is 2. The molecule has 5 nitrogen and oxygen atoms in total. The fraction of sp³-hybridized carbons (Fsp3) is 0.333. The van der Waals surface area contributed by atoms with E-state index in [0.29, 0.717) is 17.7 Å². The fourth-order valence-corrected chi connectivity index (χ4v) is 3.98. The third-order valence-corrected chi connectivity index (χ3v) is 5.53. The van der Waals surface area contributed by atoms with Crippen LogP contribution in [0.25, 0.3) is 0 Å². The number of rotatable bonds is 5. The van der Waals surface area contributed by atoms with Gasteiger partial charge in [-0.15, -0.1) is 0 Å². The van der Waals surface area contributed by atoms with Gasteiger partial charge in [-0.3, -0.25) is 14.5 Å². The van der Waals surface area contributed by atoms with E-state index >= 15 is 0 Å². The van der Waals surface area contributed by atoms with Crippen molar-refractivity contribution in [3.8, 4) is 0 Å². The molecule has 2 aromatic rings. The van der Waals surface area contributed by atoms with Crippen LogP contribution in [0.4, 0.5) is 0 Å². The van der Waals surface area contributed by atoms with Crippen LogP contribution in [0, 0.1) is 0 Å². The molecule has 0 saturated carbocycles. The van der Waals surface area contributed by atoms with Crippen molar-refractivity contribution < 1.29 is 19.4 Å². The average Bonchev–Trinajstić information content (AvgIpc) is 2.93. The normalized spacial score (nSPS) is 22.5. The maximum atomic E-state index is 12.4. The van der Waals surface area contributed by atoms with Crippen LogP contribution in [0.3, 0.4) is 0 Å². The predicted octanol–water partition coefficient (Wildman–Crippen LogP) is -0.734. The number of quaternary nitrogens is 2. The Labute approximate surface area is 153 Å². The quantitative estimate of drug-likeness (QED) is 0.698. The third kappa shape index (κ3) is 3.41. The molecule has 0 unspecified atom stereocenters. The molecule has 0 aromatic heterocycles. The Hall–Kier alpha value is -2.50. The summed E-state index contributed by atoms with van der Waals surface area (Å²) in [5, 5.41) is 0. The summed E-state index contributed by atoms with van der Waals surface area (Å²) in [6.45, 7) is 6.86. The minimum atomic E-state index is -0.140. The molecule has 134 valence electrons. The Morgan fingerprint density at radius 1 is 0.731 bits per heavy atom. The van der Waals surface area contributed by atoms with Crippen LogP contribution < -0.4 is 9.80 Å². The van der Waals surface area contributed by atoms with Crippen LogP contribution in [0.15, 0.2) is 54.6 Å². The largest absolute Gasteiger partial charge is 0.324 e. The number of carbonyl (C=O) groups is 2. The number of imide groups is 1. The Morgan fingerprint density at radius 3 is 1.88 bits per heavy atom. The highest BCUT2D eigenvalue weighted by Gasteiger charge is 2.35. The Bertz CT molecular complexity index is 763. The van der Waals surface area contributed by atoms with Crippen molar-refractivity contribution in [3.05, 3.63) is 71.3 Å². The SMILES string of the molecule is O=C1c2ccccc2C(=O)N1CC[NH+]1CC[NH+](Cc2ccccc2)CC1. The molecule has 2 aromatic carbocycles. The first-order valence-electron chi connectivity index (χ1n) is 9.38. The van der Waals surface area contributed by atoms with Gasteiger partial charge in [0.15, 0.2) is 0 Å². The molecule has 2 heterocycles. The topological polar surface area (TPSA) is 46.3 Å². The van der Waals surface area contributed by atoms with Crippen molar-refractivity contribution in [1.82, 2.24) is 4.90 Å². The molecule has 2 aliphatic heterocycles. The van der Waals surface area contributed by atoms with E-state index in [4.69, 9.17) is 0 Å². The lowest BCUT2D eigenvalue weighted by molar-refractivity contribution is -1.02. The number of amides is 2. The van der Waals surface area contributed by atoms with Gasteiger partial charge in [0.1, 0.15) is 32.7 Å². The lowest BCUT2D eigenvalue weighted by atomic mass is 10.1. The monoisotopic (exact) mass is 351 g/mol. The zero-order valence-electron chi connectivity index (χ0n) is 14.9. The van der Waals surface area contributed by atoms with Crippen LogP contribution in [0.2, 0.25) is 0 Å². The number of hydrogen-bond acceptors (Lipinski definition) is 2. The highest BCUT2D eigenvalue weighted by molar-refractivity contribution is 6.21. The number of benzene rings is 2. The van der Waals surface area contributed by atoms with Crippen molar-refractivity contribution >= 4 is 11.8 Å². The molecule has 4 rings (SSSR count). The van der Waals surface area contributed by atoms with Gasteiger partial charge in [-0.25, -0.2) is 0 Å². The molecule has 1 fully saturated rings. The second-order valence-electron chi connectivity index (χ2n) is 7.22. The van der Waals surface area contributed by atoms with Gasteiger partial charge in [0.05, 0.1) is 24.2 Å². The number of hydrogen-bond donors (Lipinski definition) is 2. The average molecular weight is 351 g/mol. The van der Waals surface area contributed by atoms with Crippen molar-refractivity contribution in [2.75, 3.05) is 39.3 Å². The van der Waals surface area contributed by atoms with Crippen LogP contribution in [-0.4, -0.2) is 56.0 Å². The molecule has 0 radical (unpaired) electrons. The number of nitrogens with one attached hydrogen (secondary N) is 2. The van der Waals surface area contributed by atoms with E-state index in [2.05, 4.69) is 30.3 Å². The van der Waals surface area contributed by atoms with E-state index in [-0.39, 0.29) is 11.8 Å². The lowest BCUT2D eigenvalue weighted by Crippen LogP contribution is -3.27. The predicted molar refractivity (Wildman–Crippen MR) is 98.2 cm³/mol. The zero-order valence-corrected chi connectivity index (χ0v) is 14.9. The highest BCUT2D eigenvalue weighted by atomic mass is 16.2. The van der Waals surface area contributed by atoms with Crippen molar-refractivity contribution in [1.29, 1.82) is 0 Å². The van der Waals surface area contributed by atoms with Crippen LogP contribution >= 0.6 is 0 Å². The molecule has 2 N–H and O–H groups in total. The molecule has 26 heavy (non-hydrogen) atoms. The van der Waals surface area contributed by atoms with E-state index in [9.17, 15) is 9.59 Å². The first-order chi connectivity index (χ1) is 12.7. The van der Waals surface area contributed by atoms with Gasteiger partial charge in [-0.1, -0.05) is 42.5 Å². The highest BCUT2D eigenvalue weighted by Crippen LogP contribution is 2.21. The van der Waals surface area contributed by atoms with Gasteiger partial charge in [0, 0.05) is 5.56 Å². The van der Waals surface area contributed by atoms with E-state index in [1.807, 2.05) is 12.1 Å². The molecule has 0 atom stereocenters. The smallest absolute Gasteiger partial charge is 0.261 e. The Balaban J connectivity index is 1.27. The molecule has 0 bridgehead atoms. The van der Waals surface area contributed by atoms with Gasteiger partial charge in [-0.05, 0) is 12.1 Å². The molecule has 2 aliphatic rings. The summed E-state index contributed by atoms with van der Waals surface area (Å²) in [4.78, 5) is 29.4. The van der Waals surface area contributed by atoms with Crippen molar-refractivity contribution in [2.24, 2.45) is 0 Å². The maximum Gasteiger partial charge on any atom is 0.261 e. The van der Waals surface area contributed by atoms with Crippen molar-refractivity contribution in [2.45, 2.75) is 6.54 Å². The zero-order chi connectivity index (χ0) is 17.9. The van der Waals surface area contributed by atoms with Crippen LogP contribution in [-0.2, 0) is 6.54 Å². The standard InChI is InChI=1S/C21H23N3O2/c25-20-18-8-4-5-9-19(18)21(26)24(20)15-14-22-10-12-23(13-11-22)16-17-6-2-1-3-7-17/h1-9H,10-16H2/p+2. The van der Waals surface area contributed by atoms with E-state index in [1.54, 1.807) is 17.0 Å². The second-order valence-corrected chi connectivity index (χ2v) is 7.22. The van der Waals surface area contributed by atoms with Crippen LogP contribution in [0.5, 0.6) is 0 Å². The van der Waals surface area contributed by atoms with E-state index < -0.39 is 0 Å². The molecule has 0 aliphatic carbocycles. The van der Waals surface area contributed by atoms with Crippen LogP contribution in [0.1, 0.15) is 26.3 Å². The summed E-state index contributed by atoms with van der Waals surface area (Å²) in [7, 11) is 0. The number of piperazine rings is 1. The minimum absolute atomic E-state index is 0.140. The number of nitrogens with zero attached hydrogens (tertiary/aromatic N) is 1. The maximum absolute atomic E-state index is 12.4. The summed E-state index contributed by atoms with van der Waals surface area (Å²) in [5.74, 6) is -0.281. The minimum Gasteiger partial charge on any atom is -0.324 e. The second kappa shape index (κ2) is 7.40. The van der Waals surface area contributed by atoms with Gasteiger partial charge in [0.25, 0.3) is 11.8 Å². The number of fused-ring (bicyclic) bond motifs is 1. The van der Waals surface area contributed by atoms with Gasteiger partial charge < -0.3 is 9.80 Å². The molecule has 0 spiro atoms. The summed E-state index contributed by atoms with van der Waals surface area (Å²) < 4.78 is 0. The first kappa shape index (κ1) is 16.9. The van der Waals surface area contributed by atoms with E-state index in [1.165, 1.54) is 15.4 Å². The Kier molecular flexibility index (Phi) is 4.82. The molecular weight excluding hydrogens is 326 g/mol. The summed E-state index contributed by atoms with van der Waals surface area (Å²) in [6, 6.07) is 17.7. The fourth-order valence-electron chi connectivity index (χ4n) is 3.98. The molecular formula is C21H25N3O2+2. The summed E-state index contributed by atoms with van der Waals surface area (Å²) in [5.41, 5.74) is 2.48. The summed E-state index contributed by atoms with van der Waals surface area (Å²) in [6.07, 6.45) is 0. The molecule has 1 saturated heterocycles. The van der Waals surface area contributed by atoms with Gasteiger partial charge >= 0.3 is 0 Å². The Morgan fingerprint density at radius 2 is 1.27 bits per heavy atom.